The molecule has 2 unspecified atom stereocenters. The Morgan fingerprint density at radius 2 is 1.72 bits per heavy atom. The summed E-state index contributed by atoms with van der Waals surface area (Å²) in [5.74, 6) is 0. The molecule has 2 atom stereocenters. The van der Waals surface area contributed by atoms with Gasteiger partial charge in [0.15, 0.2) is 0 Å². The third kappa shape index (κ3) is 1.58. The molecule has 0 spiro atoms. The second-order valence-electron chi connectivity index (χ2n) is 6.33. The van der Waals surface area contributed by atoms with E-state index in [1.165, 1.54) is 50.6 Å². The summed E-state index contributed by atoms with van der Waals surface area (Å²) in [6.45, 7) is 0. The van der Waals surface area contributed by atoms with Gasteiger partial charge in [-0.2, -0.15) is 0 Å². The van der Waals surface area contributed by atoms with Crippen LogP contribution in [0.4, 0.5) is 5.69 Å². The standard InChI is InChI=1S/C16H22N2/c17-13-9-15-6-7-16(10-13)18(15)14-5-4-11-2-1-3-12(11)8-14/h4-5,8,13,15-16H,1-3,6-7,9-10,17H2. The Morgan fingerprint density at radius 3 is 2.50 bits per heavy atom. The first-order valence-corrected chi connectivity index (χ1v) is 7.47. The molecular formula is C16H22N2. The summed E-state index contributed by atoms with van der Waals surface area (Å²) in [4.78, 5) is 2.68. The summed E-state index contributed by atoms with van der Waals surface area (Å²) >= 11 is 0. The molecule has 2 bridgehead atoms. The fraction of sp³-hybridized carbons (Fsp3) is 0.625. The lowest BCUT2D eigenvalue weighted by Crippen LogP contribution is -2.47. The number of fused-ring (bicyclic) bond motifs is 3. The van der Waals surface area contributed by atoms with Gasteiger partial charge < -0.3 is 10.6 Å². The van der Waals surface area contributed by atoms with Crippen LogP contribution < -0.4 is 10.6 Å². The van der Waals surface area contributed by atoms with Gasteiger partial charge in [-0.05, 0) is 68.2 Å². The highest BCUT2D eigenvalue weighted by Gasteiger charge is 2.39. The van der Waals surface area contributed by atoms with Crippen LogP contribution >= 0.6 is 0 Å². The monoisotopic (exact) mass is 242 g/mol. The molecule has 2 saturated heterocycles. The maximum absolute atomic E-state index is 6.16. The van der Waals surface area contributed by atoms with Gasteiger partial charge >= 0.3 is 0 Å². The highest BCUT2D eigenvalue weighted by atomic mass is 15.2. The average Bonchev–Trinajstić information content (AvgIpc) is 2.91. The maximum Gasteiger partial charge on any atom is 0.0374 e. The number of aryl methyl sites for hydroxylation is 2. The fourth-order valence-electron chi connectivity index (χ4n) is 4.36. The van der Waals surface area contributed by atoms with E-state index < -0.39 is 0 Å². The number of rotatable bonds is 1. The van der Waals surface area contributed by atoms with E-state index in [9.17, 15) is 0 Å². The number of nitrogens with two attached hydrogens (primary N) is 1. The Hall–Kier alpha value is -1.02. The maximum atomic E-state index is 6.16. The molecule has 3 aliphatic rings. The highest BCUT2D eigenvalue weighted by Crippen LogP contribution is 2.40. The van der Waals surface area contributed by atoms with E-state index in [1.807, 2.05) is 0 Å². The van der Waals surface area contributed by atoms with Gasteiger partial charge in [0.05, 0.1) is 0 Å². The van der Waals surface area contributed by atoms with E-state index in [0.717, 1.165) is 0 Å². The van der Waals surface area contributed by atoms with Crippen LogP contribution in [0.1, 0.15) is 43.2 Å². The van der Waals surface area contributed by atoms with Crippen LogP contribution in [0.3, 0.4) is 0 Å². The summed E-state index contributed by atoms with van der Waals surface area (Å²) in [6.07, 6.45) is 8.97. The Bertz CT molecular complexity index is 454. The molecule has 2 heteroatoms. The largest absolute Gasteiger partial charge is 0.365 e. The highest BCUT2D eigenvalue weighted by molar-refractivity contribution is 5.55. The van der Waals surface area contributed by atoms with E-state index in [-0.39, 0.29) is 0 Å². The molecule has 1 aromatic rings. The second kappa shape index (κ2) is 3.99. The van der Waals surface area contributed by atoms with Crippen molar-refractivity contribution in [3.05, 3.63) is 29.3 Å². The van der Waals surface area contributed by atoms with Crippen LogP contribution in [0.15, 0.2) is 18.2 Å². The van der Waals surface area contributed by atoms with Crippen molar-refractivity contribution in [2.75, 3.05) is 4.90 Å². The lowest BCUT2D eigenvalue weighted by Gasteiger charge is -2.39. The lowest BCUT2D eigenvalue weighted by atomic mass is 9.96. The van der Waals surface area contributed by atoms with Crippen molar-refractivity contribution >= 4 is 5.69 Å². The first-order chi connectivity index (χ1) is 8.81. The molecule has 0 saturated carbocycles. The SMILES string of the molecule is NC1CC2CCC(C1)N2c1ccc2c(c1)CCC2. The van der Waals surface area contributed by atoms with Crippen molar-refractivity contribution in [3.8, 4) is 0 Å². The molecule has 0 radical (unpaired) electrons. The Kier molecular flexibility index (Phi) is 2.41. The minimum absolute atomic E-state index is 0.438. The van der Waals surface area contributed by atoms with Crippen LogP contribution in [-0.2, 0) is 12.8 Å². The molecule has 2 aliphatic heterocycles. The zero-order chi connectivity index (χ0) is 12.1. The van der Waals surface area contributed by atoms with Crippen molar-refractivity contribution in [1.82, 2.24) is 0 Å². The number of hydrogen-bond acceptors (Lipinski definition) is 2. The van der Waals surface area contributed by atoms with Crippen LogP contribution in [0, 0.1) is 0 Å². The van der Waals surface area contributed by atoms with Crippen molar-refractivity contribution in [3.63, 3.8) is 0 Å². The number of piperidine rings is 1. The van der Waals surface area contributed by atoms with Gasteiger partial charge in [0, 0.05) is 23.8 Å². The van der Waals surface area contributed by atoms with Crippen LogP contribution in [0.2, 0.25) is 0 Å². The van der Waals surface area contributed by atoms with Crippen LogP contribution in [0.25, 0.3) is 0 Å². The van der Waals surface area contributed by atoms with Gasteiger partial charge in [0.1, 0.15) is 0 Å². The third-order valence-electron chi connectivity index (χ3n) is 5.15. The summed E-state index contributed by atoms with van der Waals surface area (Å²) in [5.41, 5.74) is 10.8. The smallest absolute Gasteiger partial charge is 0.0374 e. The normalized spacial score (nSPS) is 33.8. The average molecular weight is 242 g/mol. The molecule has 96 valence electrons. The molecule has 18 heavy (non-hydrogen) atoms. The minimum atomic E-state index is 0.438. The predicted octanol–water partition coefficient (Wildman–Crippen LogP) is 2.63. The van der Waals surface area contributed by atoms with Gasteiger partial charge in [-0.25, -0.2) is 0 Å². The minimum Gasteiger partial charge on any atom is -0.365 e. The number of anilines is 1. The molecule has 2 fully saturated rings. The third-order valence-corrected chi connectivity index (χ3v) is 5.15. The molecule has 0 amide bonds. The van der Waals surface area contributed by atoms with Crippen LogP contribution in [0.5, 0.6) is 0 Å². The van der Waals surface area contributed by atoms with Gasteiger partial charge in [0.25, 0.3) is 0 Å². The van der Waals surface area contributed by atoms with E-state index in [2.05, 4.69) is 23.1 Å². The molecule has 2 N–H and O–H groups in total. The topological polar surface area (TPSA) is 29.3 Å². The molecule has 2 heterocycles. The Morgan fingerprint density at radius 1 is 1.00 bits per heavy atom. The lowest BCUT2D eigenvalue weighted by molar-refractivity contribution is 0.414. The first-order valence-electron chi connectivity index (χ1n) is 7.47. The molecule has 1 aromatic carbocycles. The molecule has 4 rings (SSSR count). The number of benzene rings is 1. The molecule has 0 aromatic heterocycles. The predicted molar refractivity (Wildman–Crippen MR) is 75.0 cm³/mol. The van der Waals surface area contributed by atoms with E-state index in [1.54, 1.807) is 11.1 Å². The second-order valence-corrected chi connectivity index (χ2v) is 6.33. The van der Waals surface area contributed by atoms with E-state index in [4.69, 9.17) is 5.73 Å². The van der Waals surface area contributed by atoms with Gasteiger partial charge in [0.2, 0.25) is 0 Å². The molecular weight excluding hydrogens is 220 g/mol. The Labute approximate surface area is 109 Å². The van der Waals surface area contributed by atoms with E-state index >= 15 is 0 Å². The van der Waals surface area contributed by atoms with Crippen LogP contribution in [-0.4, -0.2) is 18.1 Å². The fourth-order valence-corrected chi connectivity index (χ4v) is 4.36. The van der Waals surface area contributed by atoms with Crippen molar-refractivity contribution in [2.45, 2.75) is 63.1 Å². The van der Waals surface area contributed by atoms with Crippen molar-refractivity contribution < 1.29 is 0 Å². The number of nitrogens with zero attached hydrogens (tertiary/aromatic N) is 1. The zero-order valence-electron chi connectivity index (χ0n) is 10.9. The van der Waals surface area contributed by atoms with Gasteiger partial charge in [-0.15, -0.1) is 0 Å². The quantitative estimate of drug-likeness (QED) is 0.820. The van der Waals surface area contributed by atoms with Crippen molar-refractivity contribution in [1.29, 1.82) is 0 Å². The van der Waals surface area contributed by atoms with Crippen molar-refractivity contribution in [2.24, 2.45) is 5.73 Å². The Balaban J connectivity index is 1.67. The summed E-state index contributed by atoms with van der Waals surface area (Å²) in [7, 11) is 0. The number of hydrogen-bond donors (Lipinski definition) is 1. The van der Waals surface area contributed by atoms with Gasteiger partial charge in [-0.3, -0.25) is 0 Å². The molecule has 1 aliphatic carbocycles. The summed E-state index contributed by atoms with van der Waals surface area (Å²) in [6, 6.07) is 9.03. The van der Waals surface area contributed by atoms with E-state index in [0.29, 0.717) is 18.1 Å². The summed E-state index contributed by atoms with van der Waals surface area (Å²) < 4.78 is 0. The first kappa shape index (κ1) is 10.9. The molecule has 2 nitrogen and oxygen atoms in total. The summed E-state index contributed by atoms with van der Waals surface area (Å²) in [5, 5.41) is 0. The van der Waals surface area contributed by atoms with Gasteiger partial charge in [-0.1, -0.05) is 6.07 Å². The zero-order valence-corrected chi connectivity index (χ0v) is 10.9.